The third-order valence-electron chi connectivity index (χ3n) is 3.42. The summed E-state index contributed by atoms with van der Waals surface area (Å²) in [6, 6.07) is 3.81. The van der Waals surface area contributed by atoms with Gasteiger partial charge in [0.2, 0.25) is 5.91 Å². The van der Waals surface area contributed by atoms with E-state index in [0.717, 1.165) is 11.4 Å². The predicted molar refractivity (Wildman–Crippen MR) is 69.6 cm³/mol. The van der Waals surface area contributed by atoms with Crippen molar-refractivity contribution in [2.24, 2.45) is 16.8 Å². The molecule has 1 aliphatic heterocycles. The van der Waals surface area contributed by atoms with Crippen LogP contribution in [0.25, 0.3) is 0 Å². The molecule has 96 valence electrons. The molecule has 5 heteroatoms. The third-order valence-corrected chi connectivity index (χ3v) is 3.42. The lowest BCUT2D eigenvalue weighted by molar-refractivity contribution is -0.140. The molecule has 0 aliphatic carbocycles. The molecule has 1 amide bonds. The Balaban J connectivity index is 2.16. The van der Waals surface area contributed by atoms with Crippen molar-refractivity contribution in [1.29, 1.82) is 0 Å². The Bertz CT molecular complexity index is 457. The summed E-state index contributed by atoms with van der Waals surface area (Å²) in [5.41, 5.74) is 4.14. The third kappa shape index (κ3) is 2.34. The van der Waals surface area contributed by atoms with Crippen molar-refractivity contribution in [2.75, 3.05) is 7.05 Å². The molecule has 1 aromatic rings. The Morgan fingerprint density at radius 1 is 1.33 bits per heavy atom. The normalized spacial score (nSPS) is 26.3. The number of rotatable bonds is 2. The quantitative estimate of drug-likeness (QED) is 0.854. The van der Waals surface area contributed by atoms with E-state index < -0.39 is 0 Å². The summed E-state index contributed by atoms with van der Waals surface area (Å²) in [5, 5.41) is 1.63. The van der Waals surface area contributed by atoms with Crippen LogP contribution in [-0.4, -0.2) is 28.8 Å². The van der Waals surface area contributed by atoms with Crippen molar-refractivity contribution in [1.82, 2.24) is 15.4 Å². The average molecular weight is 246 g/mol. The molecule has 0 radical (unpaired) electrons. The SMILES string of the molecule is CN=C1NN(Cc2ccncc2)C(=O)C(C)C1C. The van der Waals surface area contributed by atoms with Gasteiger partial charge in [0.15, 0.2) is 0 Å². The summed E-state index contributed by atoms with van der Waals surface area (Å²) < 4.78 is 0. The second-order valence-corrected chi connectivity index (χ2v) is 4.58. The highest BCUT2D eigenvalue weighted by atomic mass is 16.2. The molecule has 18 heavy (non-hydrogen) atoms. The first-order valence-electron chi connectivity index (χ1n) is 6.07. The number of amides is 1. The maximum absolute atomic E-state index is 12.2. The zero-order valence-corrected chi connectivity index (χ0v) is 10.9. The first-order valence-corrected chi connectivity index (χ1v) is 6.07. The van der Waals surface area contributed by atoms with Gasteiger partial charge in [-0.15, -0.1) is 0 Å². The monoisotopic (exact) mass is 246 g/mol. The Morgan fingerprint density at radius 2 is 2.00 bits per heavy atom. The van der Waals surface area contributed by atoms with E-state index in [2.05, 4.69) is 15.4 Å². The van der Waals surface area contributed by atoms with Gasteiger partial charge in [-0.2, -0.15) is 0 Å². The molecule has 1 aromatic heterocycles. The van der Waals surface area contributed by atoms with Gasteiger partial charge in [0, 0.05) is 31.3 Å². The van der Waals surface area contributed by atoms with E-state index in [9.17, 15) is 4.79 Å². The van der Waals surface area contributed by atoms with Gasteiger partial charge in [0.1, 0.15) is 5.84 Å². The molecule has 0 bridgehead atoms. The number of hydrogen-bond donors (Lipinski definition) is 1. The lowest BCUT2D eigenvalue weighted by Gasteiger charge is -2.36. The maximum atomic E-state index is 12.2. The molecule has 2 rings (SSSR count). The van der Waals surface area contributed by atoms with E-state index in [1.165, 1.54) is 0 Å². The largest absolute Gasteiger partial charge is 0.283 e. The van der Waals surface area contributed by atoms with Crippen LogP contribution in [0, 0.1) is 11.8 Å². The fraction of sp³-hybridized carbons (Fsp3) is 0.462. The number of amidine groups is 1. The number of carbonyl (C=O) groups is 1. The lowest BCUT2D eigenvalue weighted by Crippen LogP contribution is -2.56. The number of hydrogen-bond acceptors (Lipinski definition) is 3. The topological polar surface area (TPSA) is 57.6 Å². The van der Waals surface area contributed by atoms with Crippen molar-refractivity contribution < 1.29 is 4.79 Å². The predicted octanol–water partition coefficient (Wildman–Crippen LogP) is 1.23. The van der Waals surface area contributed by atoms with E-state index in [4.69, 9.17) is 0 Å². The van der Waals surface area contributed by atoms with Crippen LogP contribution in [0.4, 0.5) is 0 Å². The Hall–Kier alpha value is -1.91. The number of nitrogens with zero attached hydrogens (tertiary/aromatic N) is 3. The fourth-order valence-corrected chi connectivity index (χ4v) is 2.03. The zero-order chi connectivity index (χ0) is 13.1. The number of nitrogens with one attached hydrogen (secondary N) is 1. The van der Waals surface area contributed by atoms with E-state index in [1.807, 2.05) is 26.0 Å². The van der Waals surface area contributed by atoms with Gasteiger partial charge in [0.25, 0.3) is 0 Å². The van der Waals surface area contributed by atoms with Gasteiger partial charge in [-0.25, -0.2) is 0 Å². The van der Waals surface area contributed by atoms with Gasteiger partial charge in [-0.3, -0.25) is 25.2 Å². The van der Waals surface area contributed by atoms with Gasteiger partial charge >= 0.3 is 0 Å². The summed E-state index contributed by atoms with van der Waals surface area (Å²) in [7, 11) is 1.74. The van der Waals surface area contributed by atoms with Crippen molar-refractivity contribution in [3.8, 4) is 0 Å². The van der Waals surface area contributed by atoms with Crippen LogP contribution in [0.1, 0.15) is 19.4 Å². The minimum atomic E-state index is -0.0493. The second-order valence-electron chi connectivity index (χ2n) is 4.58. The van der Waals surface area contributed by atoms with Gasteiger partial charge in [0.05, 0.1) is 6.54 Å². The molecular weight excluding hydrogens is 228 g/mol. The minimum absolute atomic E-state index is 0.0493. The molecular formula is C13H18N4O. The van der Waals surface area contributed by atoms with Crippen LogP contribution in [0.2, 0.25) is 0 Å². The van der Waals surface area contributed by atoms with Gasteiger partial charge in [-0.05, 0) is 17.7 Å². The van der Waals surface area contributed by atoms with Gasteiger partial charge < -0.3 is 0 Å². The molecule has 2 atom stereocenters. The fourth-order valence-electron chi connectivity index (χ4n) is 2.03. The van der Waals surface area contributed by atoms with E-state index >= 15 is 0 Å². The summed E-state index contributed by atoms with van der Waals surface area (Å²) in [6.07, 6.45) is 3.45. The van der Waals surface area contributed by atoms with Crippen molar-refractivity contribution in [3.05, 3.63) is 30.1 Å². The first kappa shape index (κ1) is 12.5. The summed E-state index contributed by atoms with van der Waals surface area (Å²) in [6.45, 7) is 4.48. The van der Waals surface area contributed by atoms with E-state index in [0.29, 0.717) is 6.54 Å². The number of aliphatic imine (C=N–C) groups is 1. The smallest absolute Gasteiger partial charge is 0.244 e. The molecule has 0 saturated carbocycles. The molecule has 1 saturated heterocycles. The van der Waals surface area contributed by atoms with Crippen LogP contribution < -0.4 is 5.43 Å². The number of pyridine rings is 1. The van der Waals surface area contributed by atoms with Crippen molar-refractivity contribution >= 4 is 11.7 Å². The lowest BCUT2D eigenvalue weighted by atomic mass is 9.92. The highest BCUT2D eigenvalue weighted by molar-refractivity contribution is 5.95. The van der Waals surface area contributed by atoms with Crippen LogP contribution in [-0.2, 0) is 11.3 Å². The molecule has 2 unspecified atom stereocenters. The minimum Gasteiger partial charge on any atom is -0.283 e. The van der Waals surface area contributed by atoms with E-state index in [-0.39, 0.29) is 17.7 Å². The Morgan fingerprint density at radius 3 is 2.61 bits per heavy atom. The molecule has 2 heterocycles. The Labute approximate surface area is 107 Å². The standard InChI is InChI=1S/C13H18N4O/c1-9-10(2)13(18)17(16-12(9)14-3)8-11-4-6-15-7-5-11/h4-7,9-10H,8H2,1-3H3,(H,14,16). The second kappa shape index (κ2) is 5.16. The molecule has 1 N–H and O–H groups in total. The Kier molecular flexibility index (Phi) is 3.60. The van der Waals surface area contributed by atoms with Crippen LogP contribution in [0.3, 0.4) is 0 Å². The van der Waals surface area contributed by atoms with Crippen molar-refractivity contribution in [3.63, 3.8) is 0 Å². The average Bonchev–Trinajstić information content (AvgIpc) is 2.40. The summed E-state index contributed by atoms with van der Waals surface area (Å²) in [4.78, 5) is 20.4. The molecule has 0 aromatic carbocycles. The number of aromatic nitrogens is 1. The highest BCUT2D eigenvalue weighted by Gasteiger charge is 2.34. The molecule has 0 spiro atoms. The number of hydrazine groups is 1. The van der Waals surface area contributed by atoms with Crippen LogP contribution in [0.15, 0.2) is 29.5 Å². The molecule has 5 nitrogen and oxygen atoms in total. The van der Waals surface area contributed by atoms with E-state index in [1.54, 1.807) is 24.5 Å². The first-order chi connectivity index (χ1) is 8.63. The number of carbonyl (C=O) groups excluding carboxylic acids is 1. The van der Waals surface area contributed by atoms with Crippen LogP contribution >= 0.6 is 0 Å². The summed E-state index contributed by atoms with van der Waals surface area (Å²) in [5.74, 6) is 1.05. The van der Waals surface area contributed by atoms with Gasteiger partial charge in [-0.1, -0.05) is 13.8 Å². The molecule has 1 aliphatic rings. The highest BCUT2D eigenvalue weighted by Crippen LogP contribution is 2.20. The zero-order valence-electron chi connectivity index (χ0n) is 10.9. The van der Waals surface area contributed by atoms with Crippen molar-refractivity contribution in [2.45, 2.75) is 20.4 Å². The maximum Gasteiger partial charge on any atom is 0.244 e. The summed E-state index contributed by atoms with van der Waals surface area (Å²) >= 11 is 0. The molecule has 1 fully saturated rings. The van der Waals surface area contributed by atoms with Crippen LogP contribution in [0.5, 0.6) is 0 Å².